The molecule has 0 aromatic heterocycles. The van der Waals surface area contributed by atoms with Gasteiger partial charge in [-0.3, -0.25) is 0 Å². The minimum absolute atomic E-state index is 0.285. The normalized spacial score (nSPS) is 9.75. The van der Waals surface area contributed by atoms with Crippen molar-refractivity contribution in [2.75, 3.05) is 6.54 Å². The van der Waals surface area contributed by atoms with E-state index >= 15 is 0 Å². The van der Waals surface area contributed by atoms with Gasteiger partial charge in [0, 0.05) is 13.5 Å². The second-order valence-electron chi connectivity index (χ2n) is 1.11. The number of hydrogen-bond acceptors (Lipinski definition) is 4. The molecule has 2 N–H and O–H groups in total. The van der Waals surface area contributed by atoms with Gasteiger partial charge in [0.05, 0.1) is 6.21 Å². The van der Waals surface area contributed by atoms with Crippen molar-refractivity contribution in [2.45, 2.75) is 6.92 Å². The van der Waals surface area contributed by atoms with E-state index in [1.54, 1.807) is 0 Å². The van der Waals surface area contributed by atoms with Gasteiger partial charge < -0.3 is 10.6 Å². The first-order chi connectivity index (χ1) is 3.77. The van der Waals surface area contributed by atoms with Crippen molar-refractivity contribution in [1.29, 1.82) is 0 Å². The molecule has 0 rings (SSSR count). The summed E-state index contributed by atoms with van der Waals surface area (Å²) in [6, 6.07) is 0. The van der Waals surface area contributed by atoms with E-state index < -0.39 is 5.97 Å². The molecule has 0 aromatic rings. The number of rotatable bonds is 2. The maximum atomic E-state index is 9.94. The Morgan fingerprint density at radius 2 is 2.62 bits per heavy atom. The molecule has 46 valence electrons. The Hall–Kier alpha value is -0.900. The van der Waals surface area contributed by atoms with Gasteiger partial charge in [-0.2, -0.15) is 0 Å². The lowest BCUT2D eigenvalue weighted by atomic mass is 10.8. The van der Waals surface area contributed by atoms with Gasteiger partial charge in [0.15, 0.2) is 0 Å². The molecule has 0 aromatic carbocycles. The average Bonchev–Trinajstić information content (AvgIpc) is 1.66. The molecule has 0 aliphatic carbocycles. The quantitative estimate of drug-likeness (QED) is 0.300. The van der Waals surface area contributed by atoms with Gasteiger partial charge in [-0.25, -0.2) is 4.79 Å². The molecule has 0 spiro atoms. The van der Waals surface area contributed by atoms with Crippen molar-refractivity contribution in [3.8, 4) is 0 Å². The first-order valence-corrected chi connectivity index (χ1v) is 2.17. The monoisotopic (exact) mass is 116 g/mol. The Morgan fingerprint density at radius 3 is 3.00 bits per heavy atom. The summed E-state index contributed by atoms with van der Waals surface area (Å²) in [5.41, 5.74) is 4.97. The molecule has 0 amide bonds. The van der Waals surface area contributed by atoms with E-state index in [1.165, 1.54) is 13.1 Å². The largest absolute Gasteiger partial charge is 0.331 e. The van der Waals surface area contributed by atoms with Gasteiger partial charge in [0.1, 0.15) is 0 Å². The van der Waals surface area contributed by atoms with Gasteiger partial charge in [-0.05, 0) is 0 Å². The third kappa shape index (κ3) is 5.10. The van der Waals surface area contributed by atoms with Crippen LogP contribution in [-0.4, -0.2) is 18.7 Å². The van der Waals surface area contributed by atoms with Gasteiger partial charge in [-0.15, -0.1) is 0 Å². The number of hydrogen-bond donors (Lipinski definition) is 1. The number of carbonyl (C=O) groups is 1. The maximum absolute atomic E-state index is 9.94. The van der Waals surface area contributed by atoms with Crippen molar-refractivity contribution in [2.24, 2.45) is 10.9 Å². The predicted molar refractivity (Wildman–Crippen MR) is 29.3 cm³/mol. The first-order valence-electron chi connectivity index (χ1n) is 2.17. The van der Waals surface area contributed by atoms with Gasteiger partial charge in [-0.1, -0.05) is 5.16 Å². The Morgan fingerprint density at radius 1 is 2.00 bits per heavy atom. The van der Waals surface area contributed by atoms with Crippen molar-refractivity contribution in [3.05, 3.63) is 0 Å². The van der Waals surface area contributed by atoms with E-state index in [1.807, 2.05) is 0 Å². The van der Waals surface area contributed by atoms with Gasteiger partial charge >= 0.3 is 5.97 Å². The summed E-state index contributed by atoms with van der Waals surface area (Å²) in [5.74, 6) is -0.435. The lowest BCUT2D eigenvalue weighted by Gasteiger charge is -1.84. The van der Waals surface area contributed by atoms with E-state index in [0.717, 1.165) is 0 Å². The number of carbonyl (C=O) groups excluding carboxylic acids is 1. The minimum atomic E-state index is -0.435. The number of oxime groups is 1. The van der Waals surface area contributed by atoms with Crippen LogP contribution >= 0.6 is 0 Å². The highest BCUT2D eigenvalue weighted by atomic mass is 16.7. The molecule has 0 atom stereocenters. The van der Waals surface area contributed by atoms with Crippen molar-refractivity contribution in [1.82, 2.24) is 0 Å². The lowest BCUT2D eigenvalue weighted by Crippen LogP contribution is -2.00. The molecular weight excluding hydrogens is 108 g/mol. The smallest absolute Gasteiger partial charge is 0.326 e. The summed E-state index contributed by atoms with van der Waals surface area (Å²) in [4.78, 5) is 14.1. The molecule has 0 heterocycles. The third-order valence-electron chi connectivity index (χ3n) is 0.361. The fraction of sp³-hybridized carbons (Fsp3) is 0.500. The van der Waals surface area contributed by atoms with E-state index in [9.17, 15) is 4.79 Å². The average molecular weight is 116 g/mol. The van der Waals surface area contributed by atoms with Crippen LogP contribution in [-0.2, 0) is 9.63 Å². The summed E-state index contributed by atoms with van der Waals surface area (Å²) >= 11 is 0. The zero-order valence-electron chi connectivity index (χ0n) is 4.63. The van der Waals surface area contributed by atoms with Crippen LogP contribution in [0.3, 0.4) is 0 Å². The van der Waals surface area contributed by atoms with Crippen LogP contribution in [0.25, 0.3) is 0 Å². The van der Waals surface area contributed by atoms with Crippen LogP contribution in [0.4, 0.5) is 0 Å². The number of nitrogens with zero attached hydrogens (tertiary/aromatic N) is 1. The van der Waals surface area contributed by atoms with Gasteiger partial charge in [0.25, 0.3) is 0 Å². The van der Waals surface area contributed by atoms with Crippen LogP contribution < -0.4 is 5.73 Å². The minimum Gasteiger partial charge on any atom is -0.326 e. The number of nitrogens with two attached hydrogens (primary N) is 1. The molecule has 0 unspecified atom stereocenters. The molecule has 4 heteroatoms. The molecule has 0 aliphatic rings. The molecule has 0 bridgehead atoms. The fourth-order valence-electron chi connectivity index (χ4n) is 0.155. The topological polar surface area (TPSA) is 64.7 Å². The molecule has 0 aliphatic heterocycles. The molecule has 0 saturated carbocycles. The van der Waals surface area contributed by atoms with Crippen LogP contribution in [0.1, 0.15) is 6.92 Å². The highest BCUT2D eigenvalue weighted by molar-refractivity contribution is 5.67. The van der Waals surface area contributed by atoms with Crippen LogP contribution in [0.2, 0.25) is 0 Å². The first kappa shape index (κ1) is 7.10. The molecule has 4 nitrogen and oxygen atoms in total. The summed E-state index contributed by atoms with van der Waals surface area (Å²) < 4.78 is 0. The van der Waals surface area contributed by atoms with Crippen LogP contribution in [0, 0.1) is 0 Å². The van der Waals surface area contributed by atoms with Crippen molar-refractivity contribution in [3.63, 3.8) is 0 Å². The Bertz CT molecular complexity index is 100. The summed E-state index contributed by atoms with van der Waals surface area (Å²) in [7, 11) is 0. The SMILES string of the molecule is CC(=O)ON=CCN. The molecule has 0 fully saturated rings. The summed E-state index contributed by atoms with van der Waals surface area (Å²) in [5, 5.41) is 3.19. The highest BCUT2D eigenvalue weighted by Gasteiger charge is 1.83. The third-order valence-corrected chi connectivity index (χ3v) is 0.361. The van der Waals surface area contributed by atoms with Gasteiger partial charge in [0.2, 0.25) is 0 Å². The second kappa shape index (κ2) is 4.26. The van der Waals surface area contributed by atoms with E-state index in [0.29, 0.717) is 0 Å². The summed E-state index contributed by atoms with van der Waals surface area (Å²) in [6.45, 7) is 1.56. The zero-order valence-corrected chi connectivity index (χ0v) is 4.63. The molecular formula is C4H8N2O2. The highest BCUT2D eigenvalue weighted by Crippen LogP contribution is 1.72. The Balaban J connectivity index is 3.16. The molecule has 0 radical (unpaired) electrons. The molecule has 8 heavy (non-hydrogen) atoms. The van der Waals surface area contributed by atoms with E-state index in [-0.39, 0.29) is 6.54 Å². The lowest BCUT2D eigenvalue weighted by molar-refractivity contribution is -0.140. The fourth-order valence-corrected chi connectivity index (χ4v) is 0.155. The van der Waals surface area contributed by atoms with E-state index in [4.69, 9.17) is 5.73 Å². The van der Waals surface area contributed by atoms with Crippen molar-refractivity contribution < 1.29 is 9.63 Å². The maximum Gasteiger partial charge on any atom is 0.331 e. The van der Waals surface area contributed by atoms with E-state index in [2.05, 4.69) is 9.99 Å². The Kier molecular flexibility index (Phi) is 3.78. The standard InChI is InChI=1S/C4H8N2O2/c1-4(7)8-6-3-2-5/h3H,2,5H2,1H3. The predicted octanol–water partition coefficient (Wildman–Crippen LogP) is -0.506. The molecule has 0 saturated heterocycles. The Labute approximate surface area is 47.3 Å². The van der Waals surface area contributed by atoms with Crippen molar-refractivity contribution >= 4 is 12.2 Å². The summed E-state index contributed by atoms with van der Waals surface area (Å²) in [6.07, 6.45) is 1.31. The van der Waals surface area contributed by atoms with Crippen LogP contribution in [0.5, 0.6) is 0 Å². The second-order valence-corrected chi connectivity index (χ2v) is 1.11. The van der Waals surface area contributed by atoms with Crippen LogP contribution in [0.15, 0.2) is 5.16 Å². The zero-order chi connectivity index (χ0) is 6.41.